The SMILES string of the molecule is COc1c(Nc2ccc(S(=O)(=O)C3CC3)nc2)ncnc1OC1CC2CC[C@@H](C1)N2C(=O)OC(C)(C)C. The van der Waals surface area contributed by atoms with Gasteiger partial charge < -0.3 is 24.4 Å². The van der Waals surface area contributed by atoms with E-state index in [1.165, 1.54) is 25.7 Å². The summed E-state index contributed by atoms with van der Waals surface area (Å²) in [7, 11) is -1.85. The molecule has 200 valence electrons. The normalized spacial score (nSPS) is 23.5. The van der Waals surface area contributed by atoms with E-state index in [1.54, 1.807) is 6.07 Å². The Morgan fingerprint density at radius 1 is 1.05 bits per heavy atom. The second kappa shape index (κ2) is 9.62. The largest absolute Gasteiger partial charge is 0.489 e. The monoisotopic (exact) mass is 531 g/mol. The first-order valence-corrected chi connectivity index (χ1v) is 14.1. The summed E-state index contributed by atoms with van der Waals surface area (Å²) in [4.78, 5) is 27.3. The minimum atomic E-state index is -3.36. The number of carbonyl (C=O) groups excluding carboxylic acids is 1. The van der Waals surface area contributed by atoms with Gasteiger partial charge in [0.2, 0.25) is 5.75 Å². The van der Waals surface area contributed by atoms with Crippen molar-refractivity contribution in [3.63, 3.8) is 0 Å². The van der Waals surface area contributed by atoms with Gasteiger partial charge in [-0.25, -0.2) is 23.2 Å². The van der Waals surface area contributed by atoms with E-state index in [-0.39, 0.29) is 34.6 Å². The first kappa shape index (κ1) is 25.5. The summed E-state index contributed by atoms with van der Waals surface area (Å²) in [6.45, 7) is 5.61. The van der Waals surface area contributed by atoms with E-state index in [0.717, 1.165) is 12.8 Å². The van der Waals surface area contributed by atoms with Crippen molar-refractivity contribution in [2.45, 2.75) is 93.4 Å². The maximum absolute atomic E-state index is 12.7. The van der Waals surface area contributed by atoms with Crippen LogP contribution < -0.4 is 14.8 Å². The molecular weight excluding hydrogens is 498 g/mol. The molecule has 1 amide bonds. The predicted molar refractivity (Wildman–Crippen MR) is 135 cm³/mol. The van der Waals surface area contributed by atoms with Crippen LogP contribution in [0.25, 0.3) is 0 Å². The van der Waals surface area contributed by atoms with Crippen molar-refractivity contribution in [1.29, 1.82) is 0 Å². The molecule has 2 aliphatic heterocycles. The molecule has 1 aliphatic carbocycles. The maximum atomic E-state index is 12.7. The third kappa shape index (κ3) is 5.43. The summed E-state index contributed by atoms with van der Waals surface area (Å²) >= 11 is 0. The predicted octanol–water partition coefficient (Wildman–Crippen LogP) is 3.87. The Bertz CT molecular complexity index is 1250. The topological polar surface area (TPSA) is 133 Å². The Kier molecular flexibility index (Phi) is 6.63. The number of pyridine rings is 1. The van der Waals surface area contributed by atoms with Crippen LogP contribution in [0.5, 0.6) is 11.6 Å². The first-order chi connectivity index (χ1) is 17.5. The lowest BCUT2D eigenvalue weighted by atomic mass is 10.0. The van der Waals surface area contributed by atoms with Crippen LogP contribution in [0.1, 0.15) is 59.3 Å². The summed E-state index contributed by atoms with van der Waals surface area (Å²) in [6, 6.07) is 3.25. The summed E-state index contributed by atoms with van der Waals surface area (Å²) in [5.41, 5.74) is 0.0181. The second-order valence-electron chi connectivity index (χ2n) is 10.8. The van der Waals surface area contributed by atoms with Gasteiger partial charge in [0, 0.05) is 24.9 Å². The first-order valence-electron chi connectivity index (χ1n) is 12.6. The molecule has 0 spiro atoms. The average Bonchev–Trinajstić information content (AvgIpc) is 3.65. The van der Waals surface area contributed by atoms with Gasteiger partial charge in [-0.15, -0.1) is 0 Å². The standard InChI is InChI=1S/C25H33N5O6S/c1-25(2,3)36-24(31)30-16-6-7-17(30)12-18(11-16)35-23-21(34-4)22(27-14-28-23)29-15-5-10-20(26-13-15)37(32,33)19-8-9-19/h5,10,13-14,16-19H,6-9,11-12H2,1-4H3,(H,27,28,29)/t16-,17?,18?/m0/s1. The highest BCUT2D eigenvalue weighted by Crippen LogP contribution is 2.40. The van der Waals surface area contributed by atoms with Gasteiger partial charge in [-0.1, -0.05) is 0 Å². The molecule has 3 aliphatic rings. The molecule has 0 aromatic carbocycles. The number of sulfone groups is 1. The van der Waals surface area contributed by atoms with Gasteiger partial charge in [-0.2, -0.15) is 4.98 Å². The van der Waals surface area contributed by atoms with Crippen LogP contribution in [0.4, 0.5) is 16.3 Å². The minimum Gasteiger partial charge on any atom is -0.489 e. The molecule has 3 fully saturated rings. The lowest BCUT2D eigenvalue weighted by Gasteiger charge is -2.39. The minimum absolute atomic E-state index is 0.0561. The molecule has 2 saturated heterocycles. The Labute approximate surface area is 216 Å². The van der Waals surface area contributed by atoms with Crippen LogP contribution in [0.2, 0.25) is 0 Å². The van der Waals surface area contributed by atoms with Crippen molar-refractivity contribution in [3.8, 4) is 11.6 Å². The molecule has 2 unspecified atom stereocenters. The van der Waals surface area contributed by atoms with Crippen molar-refractivity contribution >= 4 is 27.4 Å². The number of nitrogens with one attached hydrogen (secondary N) is 1. The number of fused-ring (bicyclic) bond motifs is 2. The number of carbonyl (C=O) groups is 1. The Morgan fingerprint density at radius 3 is 2.32 bits per heavy atom. The van der Waals surface area contributed by atoms with Crippen LogP contribution in [-0.2, 0) is 14.6 Å². The van der Waals surface area contributed by atoms with Crippen LogP contribution in [-0.4, -0.2) is 70.5 Å². The van der Waals surface area contributed by atoms with Gasteiger partial charge in [0.15, 0.2) is 20.7 Å². The quantitative estimate of drug-likeness (QED) is 0.561. The highest BCUT2D eigenvalue weighted by Gasteiger charge is 2.46. The highest BCUT2D eigenvalue weighted by molar-refractivity contribution is 7.92. The van der Waals surface area contributed by atoms with Gasteiger partial charge in [0.05, 0.1) is 24.2 Å². The van der Waals surface area contributed by atoms with Crippen LogP contribution in [0, 0.1) is 0 Å². The number of hydrogen-bond acceptors (Lipinski definition) is 10. The van der Waals surface area contributed by atoms with E-state index in [1.807, 2.05) is 25.7 Å². The Morgan fingerprint density at radius 2 is 1.76 bits per heavy atom. The van der Waals surface area contributed by atoms with Gasteiger partial charge >= 0.3 is 6.09 Å². The number of aromatic nitrogens is 3. The van der Waals surface area contributed by atoms with Crippen LogP contribution in [0.3, 0.4) is 0 Å². The number of anilines is 2. The molecule has 11 nitrogen and oxygen atoms in total. The van der Waals surface area contributed by atoms with E-state index >= 15 is 0 Å². The molecular formula is C25H33N5O6S. The number of methoxy groups -OCH3 is 1. The third-order valence-electron chi connectivity index (χ3n) is 6.80. The molecule has 12 heteroatoms. The number of nitrogens with zero attached hydrogens (tertiary/aromatic N) is 4. The lowest BCUT2D eigenvalue weighted by Crippen LogP contribution is -2.50. The van der Waals surface area contributed by atoms with Gasteiger partial charge in [-0.3, -0.25) is 0 Å². The van der Waals surface area contributed by atoms with Crippen molar-refractivity contribution in [2.75, 3.05) is 12.4 Å². The van der Waals surface area contributed by atoms with Gasteiger partial charge in [-0.05, 0) is 58.6 Å². The molecule has 37 heavy (non-hydrogen) atoms. The fraction of sp³-hybridized carbons (Fsp3) is 0.600. The zero-order chi connectivity index (χ0) is 26.4. The van der Waals surface area contributed by atoms with E-state index in [2.05, 4.69) is 20.3 Å². The van der Waals surface area contributed by atoms with E-state index < -0.39 is 15.4 Å². The molecule has 5 rings (SSSR count). The molecule has 3 atom stereocenters. The third-order valence-corrected chi connectivity index (χ3v) is 8.98. The molecule has 1 N–H and O–H groups in total. The number of ether oxygens (including phenoxy) is 3. The van der Waals surface area contributed by atoms with E-state index in [9.17, 15) is 13.2 Å². The van der Waals surface area contributed by atoms with Crippen molar-refractivity contribution in [1.82, 2.24) is 19.9 Å². The number of amides is 1. The molecule has 2 aromatic heterocycles. The molecule has 2 aromatic rings. The fourth-order valence-corrected chi connectivity index (χ4v) is 6.57. The summed E-state index contributed by atoms with van der Waals surface area (Å²) in [5.74, 6) is 1.01. The van der Waals surface area contributed by atoms with Crippen molar-refractivity contribution < 1.29 is 27.4 Å². The second-order valence-corrected chi connectivity index (χ2v) is 13.0. The summed E-state index contributed by atoms with van der Waals surface area (Å²) < 4.78 is 42.3. The van der Waals surface area contributed by atoms with E-state index in [0.29, 0.717) is 48.8 Å². The van der Waals surface area contributed by atoms with Crippen molar-refractivity contribution in [2.24, 2.45) is 0 Å². The zero-order valence-corrected chi connectivity index (χ0v) is 22.3. The Hall–Kier alpha value is -3.15. The lowest BCUT2D eigenvalue weighted by molar-refractivity contribution is -0.00792. The highest BCUT2D eigenvalue weighted by atomic mass is 32.2. The van der Waals surface area contributed by atoms with Crippen LogP contribution >= 0.6 is 0 Å². The summed E-state index contributed by atoms with van der Waals surface area (Å²) in [6.07, 6.45) is 6.98. The van der Waals surface area contributed by atoms with Gasteiger partial charge in [0.25, 0.3) is 5.88 Å². The maximum Gasteiger partial charge on any atom is 0.410 e. The number of hydrogen-bond donors (Lipinski definition) is 1. The fourth-order valence-electron chi connectivity index (χ4n) is 5.02. The average molecular weight is 532 g/mol. The molecule has 4 heterocycles. The van der Waals surface area contributed by atoms with Gasteiger partial charge in [0.1, 0.15) is 18.0 Å². The summed E-state index contributed by atoms with van der Waals surface area (Å²) in [5, 5.41) is 2.88. The molecule has 0 radical (unpaired) electrons. The Balaban J connectivity index is 1.27. The molecule has 1 saturated carbocycles. The van der Waals surface area contributed by atoms with Crippen molar-refractivity contribution in [3.05, 3.63) is 24.7 Å². The number of piperidine rings is 1. The molecule has 2 bridgehead atoms. The number of rotatable bonds is 7. The zero-order valence-electron chi connectivity index (χ0n) is 21.5. The smallest absolute Gasteiger partial charge is 0.410 e. The van der Waals surface area contributed by atoms with Crippen LogP contribution in [0.15, 0.2) is 29.7 Å². The van der Waals surface area contributed by atoms with E-state index in [4.69, 9.17) is 14.2 Å².